The van der Waals surface area contributed by atoms with Crippen LogP contribution in [0.25, 0.3) is 22.0 Å². The van der Waals surface area contributed by atoms with Gasteiger partial charge in [0.25, 0.3) is 0 Å². The van der Waals surface area contributed by atoms with Crippen LogP contribution in [0.5, 0.6) is 0 Å². The second-order valence-electron chi connectivity index (χ2n) is 12.3. The molecule has 2 saturated heterocycles. The number of anilines is 1. The molecule has 1 aromatic heterocycles. The van der Waals surface area contributed by atoms with Gasteiger partial charge in [0.15, 0.2) is 0 Å². The molecule has 0 saturated carbocycles. The van der Waals surface area contributed by atoms with E-state index in [9.17, 15) is 0 Å². The molecule has 0 amide bonds. The standard InChI is InChI=1S/2C17H22N3.2Y/c1-11-7-12(2)15-14(8-11)16-5-6-18-17(16,19-15)10-20(4)9-13(16)3;1-5-8-20(4)11-16-14(6-7-18)15-10-12(2)9-13(3)17(15)19-16;;/h7-8,19H,3,5-6,9-10H2,1-2,4H3;1,9-10,18-19H,6-8,11H2,2-4H3;;/q2*-1;;/t16-,17-;;;/m0.../s1. The summed E-state index contributed by atoms with van der Waals surface area (Å²) in [4.78, 5) is 8.00. The maximum absolute atomic E-state index is 7.56. The average molecular weight is 715 g/mol. The summed E-state index contributed by atoms with van der Waals surface area (Å²) < 4.78 is 0. The smallest absolute Gasteiger partial charge is 0.0599 e. The van der Waals surface area contributed by atoms with E-state index in [1.165, 1.54) is 61.2 Å². The van der Waals surface area contributed by atoms with Crippen molar-refractivity contribution in [3.8, 4) is 12.3 Å². The van der Waals surface area contributed by atoms with Gasteiger partial charge in [0.05, 0.1) is 6.54 Å². The number of nitrogens with zero attached hydrogens (tertiary/aromatic N) is 3. The fourth-order valence-corrected chi connectivity index (χ4v) is 7.52. The molecule has 2 atom stereocenters. The van der Waals surface area contributed by atoms with Gasteiger partial charge in [-0.05, 0) is 82.2 Å². The Morgan fingerprint density at radius 3 is 2.50 bits per heavy atom. The first kappa shape index (κ1) is 35.6. The molecule has 6 nitrogen and oxygen atoms in total. The Morgan fingerprint density at radius 2 is 1.81 bits per heavy atom. The molecular weight excluding hydrogens is 670 g/mol. The number of likely N-dealkylation sites (tertiary alicyclic amines) is 1. The van der Waals surface area contributed by atoms with Gasteiger partial charge in [-0.3, -0.25) is 4.90 Å². The predicted molar refractivity (Wildman–Crippen MR) is 169 cm³/mol. The van der Waals surface area contributed by atoms with Gasteiger partial charge in [0.1, 0.15) is 0 Å². The number of terminal acetylenes is 1. The van der Waals surface area contributed by atoms with Crippen LogP contribution in [0.4, 0.5) is 5.69 Å². The van der Waals surface area contributed by atoms with Crippen LogP contribution < -0.4 is 5.32 Å². The number of benzene rings is 2. The Balaban J connectivity index is 0.000000220. The van der Waals surface area contributed by atoms with E-state index in [4.69, 9.17) is 17.5 Å². The normalized spacial score (nSPS) is 22.2. The van der Waals surface area contributed by atoms with Crippen molar-refractivity contribution in [1.82, 2.24) is 14.8 Å². The zero-order valence-electron chi connectivity index (χ0n) is 26.2. The van der Waals surface area contributed by atoms with E-state index >= 15 is 0 Å². The Hall–Kier alpha value is -0.872. The van der Waals surface area contributed by atoms with Crippen LogP contribution in [0.15, 0.2) is 36.4 Å². The fourth-order valence-electron chi connectivity index (χ4n) is 7.52. The minimum atomic E-state index is -0.183. The van der Waals surface area contributed by atoms with Crippen LogP contribution in [-0.4, -0.2) is 67.3 Å². The minimum Gasteiger partial charge on any atom is -0.677 e. The third kappa shape index (κ3) is 6.16. The van der Waals surface area contributed by atoms with E-state index in [-0.39, 0.29) is 76.5 Å². The molecule has 218 valence electrons. The number of rotatable bonds is 5. The Labute approximate surface area is 303 Å². The van der Waals surface area contributed by atoms with Crippen molar-refractivity contribution in [2.45, 2.75) is 58.2 Å². The quantitative estimate of drug-likeness (QED) is 0.238. The van der Waals surface area contributed by atoms with Gasteiger partial charge in [-0.25, -0.2) is 0 Å². The number of aromatic nitrogens is 1. The summed E-state index contributed by atoms with van der Waals surface area (Å²) >= 11 is 0. The number of fused-ring (bicyclic) bond motifs is 2. The summed E-state index contributed by atoms with van der Waals surface area (Å²) in [5, 5.41) is 10.1. The summed E-state index contributed by atoms with van der Waals surface area (Å²) in [7, 11) is 4.19. The Kier molecular flexibility index (Phi) is 11.9. The first-order chi connectivity index (χ1) is 19.0. The van der Waals surface area contributed by atoms with E-state index in [0.717, 1.165) is 39.0 Å². The van der Waals surface area contributed by atoms with E-state index in [0.29, 0.717) is 13.1 Å². The molecule has 6 rings (SSSR count). The Morgan fingerprint density at radius 1 is 1.12 bits per heavy atom. The molecule has 3 N–H and O–H groups in total. The van der Waals surface area contributed by atoms with Crippen LogP contribution >= 0.6 is 0 Å². The molecule has 2 aromatic carbocycles. The van der Waals surface area contributed by atoms with Crippen molar-refractivity contribution in [3.05, 3.63) is 86.5 Å². The van der Waals surface area contributed by atoms with Crippen molar-refractivity contribution >= 4 is 16.6 Å². The average Bonchev–Trinajstić information content (AvgIpc) is 3.49. The predicted octanol–water partition coefficient (Wildman–Crippen LogP) is 6.38. The Bertz CT molecular complexity index is 1500. The largest absolute Gasteiger partial charge is 0.677 e. The third-order valence-corrected chi connectivity index (χ3v) is 9.02. The van der Waals surface area contributed by atoms with Crippen molar-refractivity contribution in [1.29, 1.82) is 0 Å². The monoisotopic (exact) mass is 714 g/mol. The van der Waals surface area contributed by atoms with E-state index in [1.807, 2.05) is 7.05 Å². The zero-order valence-corrected chi connectivity index (χ0v) is 31.9. The third-order valence-electron chi connectivity index (χ3n) is 9.02. The van der Waals surface area contributed by atoms with Gasteiger partial charge >= 0.3 is 0 Å². The number of aryl methyl sites for hydroxylation is 4. The zero-order chi connectivity index (χ0) is 28.8. The maximum atomic E-state index is 7.56. The first-order valence-electron chi connectivity index (χ1n) is 14.4. The topological polar surface area (TPSA) is 72.2 Å². The van der Waals surface area contributed by atoms with E-state index in [2.05, 4.69) is 91.6 Å². The van der Waals surface area contributed by atoms with Crippen molar-refractivity contribution < 1.29 is 65.4 Å². The van der Waals surface area contributed by atoms with Gasteiger partial charge in [-0.1, -0.05) is 53.8 Å². The summed E-state index contributed by atoms with van der Waals surface area (Å²) in [6.07, 6.45) is 7.25. The molecule has 0 bridgehead atoms. The van der Waals surface area contributed by atoms with Gasteiger partial charge in [0.2, 0.25) is 0 Å². The second-order valence-corrected chi connectivity index (χ2v) is 12.3. The van der Waals surface area contributed by atoms with Gasteiger partial charge in [-0.2, -0.15) is 0 Å². The summed E-state index contributed by atoms with van der Waals surface area (Å²) in [6, 6.07) is 9.03. The minimum absolute atomic E-state index is 0. The van der Waals surface area contributed by atoms with Gasteiger partial charge in [0, 0.05) is 113 Å². The number of likely N-dealkylation sites (N-methyl/N-ethyl adjacent to an activating group) is 1. The number of hydrogen-bond donors (Lipinski definition) is 2. The van der Waals surface area contributed by atoms with E-state index in [1.54, 1.807) is 0 Å². The molecule has 3 aliphatic rings. The van der Waals surface area contributed by atoms with Gasteiger partial charge < -0.3 is 26.3 Å². The fraction of sp³-hybridized carbons (Fsp3) is 0.471. The molecule has 0 aliphatic carbocycles. The molecule has 0 spiro atoms. The van der Waals surface area contributed by atoms with Crippen molar-refractivity contribution in [3.63, 3.8) is 0 Å². The molecule has 0 unspecified atom stereocenters. The molecule has 8 heteroatoms. The summed E-state index contributed by atoms with van der Waals surface area (Å²) in [6.45, 7) is 17.8. The number of hydrogen-bond acceptors (Lipinski definition) is 3. The van der Waals surface area contributed by atoms with Crippen LogP contribution in [0.3, 0.4) is 0 Å². The number of aromatic amines is 1. The van der Waals surface area contributed by atoms with Crippen LogP contribution in [0.1, 0.15) is 45.5 Å². The molecule has 4 heterocycles. The first-order valence-corrected chi connectivity index (χ1v) is 14.4. The molecule has 2 radical (unpaired) electrons. The number of nitrogens with one attached hydrogen (secondary N) is 3. The van der Waals surface area contributed by atoms with Crippen molar-refractivity contribution in [2.24, 2.45) is 0 Å². The summed E-state index contributed by atoms with van der Waals surface area (Å²) in [5.74, 6) is 2.67. The van der Waals surface area contributed by atoms with Crippen molar-refractivity contribution in [2.75, 3.05) is 52.1 Å². The molecular formula is C34H44N6Y2-2. The molecule has 3 aliphatic heterocycles. The van der Waals surface area contributed by atoms with Gasteiger partial charge in [-0.15, -0.1) is 19.5 Å². The number of H-pyrrole nitrogens is 1. The molecule has 42 heavy (non-hydrogen) atoms. The van der Waals surface area contributed by atoms with E-state index < -0.39 is 0 Å². The SMILES string of the molecule is C#CCN(C)Cc1[nH]c2c(C)cc(C)cc2c1CC[NH-].C=C1CN(C)C[C@@]23[N-]CC[C@@]12c1cc(C)cc(C)c1N3.[Y].[Y]. The maximum Gasteiger partial charge on any atom is 0.0599 e. The van der Waals surface area contributed by atoms with Crippen LogP contribution in [0, 0.1) is 40.0 Å². The van der Waals surface area contributed by atoms with Crippen LogP contribution in [0.2, 0.25) is 0 Å². The number of piperidine rings is 1. The van der Waals surface area contributed by atoms with Crippen LogP contribution in [-0.2, 0) is 83.8 Å². The second kappa shape index (κ2) is 14.0. The molecule has 2 fully saturated rings. The molecule has 3 aromatic rings. The summed E-state index contributed by atoms with van der Waals surface area (Å²) in [5.41, 5.74) is 20.3.